The van der Waals surface area contributed by atoms with Crippen LogP contribution < -0.4 is 0 Å². The fourth-order valence-corrected chi connectivity index (χ4v) is 4.25. The van der Waals surface area contributed by atoms with E-state index in [0.717, 1.165) is 25.8 Å². The number of nitrogens with zero attached hydrogens (tertiary/aromatic N) is 5. The summed E-state index contributed by atoms with van der Waals surface area (Å²) in [6.45, 7) is 1.20. The van der Waals surface area contributed by atoms with E-state index < -0.39 is 6.17 Å². The molecule has 1 amide bonds. The molecule has 0 aromatic carbocycles. The number of carbonyl (C=O) groups excluding carboxylic acids is 1. The predicted molar refractivity (Wildman–Crippen MR) is 80.6 cm³/mol. The van der Waals surface area contributed by atoms with Crippen LogP contribution in [-0.4, -0.2) is 67.7 Å². The zero-order valence-corrected chi connectivity index (χ0v) is 12.9. The maximum Gasteiger partial charge on any atom is 0.242 e. The molecule has 0 radical (unpaired) electrons. The SMILES string of the molecule is N=C1C2CC(F)CN2C(=O)CN1[C@@H]1CC[C@H](Cn2cncn2)C1. The van der Waals surface area contributed by atoms with Gasteiger partial charge in [-0.05, 0) is 25.2 Å². The molecule has 1 aromatic heterocycles. The number of aromatic nitrogens is 3. The molecule has 2 aliphatic heterocycles. The Balaban J connectivity index is 1.42. The molecule has 124 valence electrons. The number of piperazine rings is 1. The van der Waals surface area contributed by atoms with E-state index >= 15 is 0 Å². The Bertz CT molecular complexity index is 605. The summed E-state index contributed by atoms with van der Waals surface area (Å²) in [5.74, 6) is 0.877. The molecule has 4 atom stereocenters. The van der Waals surface area contributed by atoms with Gasteiger partial charge in [-0.3, -0.25) is 14.9 Å². The maximum atomic E-state index is 13.6. The molecular weight excluding hydrogens is 299 g/mol. The molecule has 1 saturated carbocycles. The molecular formula is C15H21FN6O. The predicted octanol–water partition coefficient (Wildman–Crippen LogP) is 0.679. The highest BCUT2D eigenvalue weighted by atomic mass is 19.1. The Morgan fingerprint density at radius 1 is 1.30 bits per heavy atom. The molecule has 4 rings (SSSR count). The van der Waals surface area contributed by atoms with Gasteiger partial charge >= 0.3 is 0 Å². The van der Waals surface area contributed by atoms with Crippen LogP contribution >= 0.6 is 0 Å². The summed E-state index contributed by atoms with van der Waals surface area (Å²) in [4.78, 5) is 19.7. The fraction of sp³-hybridized carbons (Fsp3) is 0.733. The third-order valence-corrected chi connectivity index (χ3v) is 5.37. The molecule has 3 heterocycles. The van der Waals surface area contributed by atoms with Gasteiger partial charge in [0.2, 0.25) is 5.91 Å². The molecule has 0 spiro atoms. The van der Waals surface area contributed by atoms with Crippen LogP contribution in [0, 0.1) is 11.3 Å². The first kappa shape index (κ1) is 14.6. The van der Waals surface area contributed by atoms with Crippen molar-refractivity contribution in [3.05, 3.63) is 12.7 Å². The molecule has 2 unspecified atom stereocenters. The number of rotatable bonds is 3. The number of alkyl halides is 1. The van der Waals surface area contributed by atoms with Crippen LogP contribution in [0.4, 0.5) is 4.39 Å². The zero-order valence-electron chi connectivity index (χ0n) is 12.9. The number of amidine groups is 1. The standard InChI is InChI=1S/C15H21FN6O/c16-11-4-13-15(17)21(7-14(23)22(13)6-11)12-2-1-10(3-12)5-20-9-18-8-19-20/h8-13,17H,1-7H2/t10-,11?,12+,13?/m0/s1. The van der Waals surface area contributed by atoms with Crippen LogP contribution in [0.25, 0.3) is 0 Å². The van der Waals surface area contributed by atoms with Crippen LogP contribution in [-0.2, 0) is 11.3 Å². The minimum absolute atomic E-state index is 0.0362. The monoisotopic (exact) mass is 320 g/mol. The van der Waals surface area contributed by atoms with Crippen LogP contribution in [0.3, 0.4) is 0 Å². The maximum absolute atomic E-state index is 13.6. The summed E-state index contributed by atoms with van der Waals surface area (Å²) in [5.41, 5.74) is 0. The minimum Gasteiger partial charge on any atom is -0.346 e. The van der Waals surface area contributed by atoms with Crippen molar-refractivity contribution >= 4 is 11.7 Å². The average Bonchev–Trinajstić information content (AvgIpc) is 3.24. The number of hydrogen-bond donors (Lipinski definition) is 1. The van der Waals surface area contributed by atoms with E-state index in [-0.39, 0.29) is 37.5 Å². The van der Waals surface area contributed by atoms with Crippen molar-refractivity contribution in [2.24, 2.45) is 5.92 Å². The van der Waals surface area contributed by atoms with E-state index in [1.54, 1.807) is 11.2 Å². The number of hydrogen-bond acceptors (Lipinski definition) is 4. The molecule has 8 heteroatoms. The van der Waals surface area contributed by atoms with Crippen molar-refractivity contribution in [1.82, 2.24) is 24.6 Å². The largest absolute Gasteiger partial charge is 0.346 e. The number of carbonyl (C=O) groups is 1. The second-order valence-electron chi connectivity index (χ2n) is 6.86. The van der Waals surface area contributed by atoms with Gasteiger partial charge in [0.05, 0.1) is 19.1 Å². The summed E-state index contributed by atoms with van der Waals surface area (Å²) in [6, 6.07) is -0.151. The Labute approximate surface area is 134 Å². The molecule has 7 nitrogen and oxygen atoms in total. The number of fused-ring (bicyclic) bond motifs is 1. The molecule has 1 N–H and O–H groups in total. The lowest BCUT2D eigenvalue weighted by Crippen LogP contribution is -2.59. The van der Waals surface area contributed by atoms with Crippen molar-refractivity contribution in [3.63, 3.8) is 0 Å². The Hall–Kier alpha value is -1.99. The van der Waals surface area contributed by atoms with E-state index in [1.165, 1.54) is 6.33 Å². The summed E-state index contributed by atoms with van der Waals surface area (Å²) in [7, 11) is 0. The smallest absolute Gasteiger partial charge is 0.242 e. The van der Waals surface area contributed by atoms with Crippen molar-refractivity contribution in [2.75, 3.05) is 13.1 Å². The Kier molecular flexibility index (Phi) is 3.54. The highest BCUT2D eigenvalue weighted by Crippen LogP contribution is 2.34. The first-order chi connectivity index (χ1) is 11.1. The van der Waals surface area contributed by atoms with Gasteiger partial charge in [0.25, 0.3) is 0 Å². The van der Waals surface area contributed by atoms with Crippen molar-refractivity contribution in [2.45, 2.75) is 50.5 Å². The van der Waals surface area contributed by atoms with Gasteiger partial charge in [-0.15, -0.1) is 0 Å². The first-order valence-electron chi connectivity index (χ1n) is 8.23. The molecule has 23 heavy (non-hydrogen) atoms. The fourth-order valence-electron chi connectivity index (χ4n) is 4.25. The highest BCUT2D eigenvalue weighted by molar-refractivity contribution is 5.97. The van der Waals surface area contributed by atoms with Crippen molar-refractivity contribution in [3.8, 4) is 0 Å². The lowest BCUT2D eigenvalue weighted by atomic mass is 10.0. The van der Waals surface area contributed by atoms with E-state index in [9.17, 15) is 9.18 Å². The van der Waals surface area contributed by atoms with Gasteiger partial charge in [0, 0.05) is 19.0 Å². The third-order valence-electron chi connectivity index (χ3n) is 5.37. The average molecular weight is 320 g/mol. The second kappa shape index (κ2) is 5.58. The van der Waals surface area contributed by atoms with Crippen LogP contribution in [0.2, 0.25) is 0 Å². The Morgan fingerprint density at radius 2 is 2.17 bits per heavy atom. The van der Waals surface area contributed by atoms with E-state index in [0.29, 0.717) is 11.8 Å². The zero-order chi connectivity index (χ0) is 16.0. The van der Waals surface area contributed by atoms with E-state index in [1.807, 2.05) is 9.58 Å². The molecule has 1 aliphatic carbocycles. The number of amides is 1. The Morgan fingerprint density at radius 3 is 2.96 bits per heavy atom. The minimum atomic E-state index is -0.993. The van der Waals surface area contributed by atoms with E-state index in [4.69, 9.17) is 5.41 Å². The van der Waals surface area contributed by atoms with Crippen molar-refractivity contribution < 1.29 is 9.18 Å². The summed E-state index contributed by atoms with van der Waals surface area (Å²) in [6.07, 6.45) is 5.51. The van der Waals surface area contributed by atoms with Gasteiger partial charge in [-0.1, -0.05) is 0 Å². The highest BCUT2D eigenvalue weighted by Gasteiger charge is 2.46. The second-order valence-corrected chi connectivity index (χ2v) is 6.86. The summed E-state index contributed by atoms with van der Waals surface area (Å²) < 4.78 is 15.5. The number of nitrogens with one attached hydrogen (secondary N) is 1. The molecule has 1 aromatic rings. The van der Waals surface area contributed by atoms with Gasteiger partial charge in [-0.2, -0.15) is 5.10 Å². The normalized spacial score (nSPS) is 34.3. The van der Waals surface area contributed by atoms with E-state index in [2.05, 4.69) is 10.1 Å². The van der Waals surface area contributed by atoms with Gasteiger partial charge in [0.15, 0.2) is 0 Å². The van der Waals surface area contributed by atoms with Gasteiger partial charge in [-0.25, -0.2) is 9.37 Å². The lowest BCUT2D eigenvalue weighted by Gasteiger charge is -2.41. The van der Waals surface area contributed by atoms with Crippen LogP contribution in [0.15, 0.2) is 12.7 Å². The van der Waals surface area contributed by atoms with Crippen LogP contribution in [0.5, 0.6) is 0 Å². The topological polar surface area (TPSA) is 78.1 Å². The molecule has 2 saturated heterocycles. The summed E-state index contributed by atoms with van der Waals surface area (Å²) in [5, 5.41) is 12.6. The quantitative estimate of drug-likeness (QED) is 0.888. The first-order valence-corrected chi connectivity index (χ1v) is 8.23. The number of halogens is 1. The lowest BCUT2D eigenvalue weighted by molar-refractivity contribution is -0.134. The third kappa shape index (κ3) is 2.60. The van der Waals surface area contributed by atoms with Gasteiger partial charge in [0.1, 0.15) is 24.7 Å². The van der Waals surface area contributed by atoms with Crippen molar-refractivity contribution in [1.29, 1.82) is 5.41 Å². The molecule has 3 aliphatic rings. The van der Waals surface area contributed by atoms with Crippen LogP contribution in [0.1, 0.15) is 25.7 Å². The molecule has 0 bridgehead atoms. The summed E-state index contributed by atoms with van der Waals surface area (Å²) >= 11 is 0. The van der Waals surface area contributed by atoms with Gasteiger partial charge < -0.3 is 9.80 Å². The molecule has 3 fully saturated rings.